The van der Waals surface area contributed by atoms with Crippen LogP contribution in [0.3, 0.4) is 0 Å². The smallest absolute Gasteiger partial charge is 0.313 e. The zero-order chi connectivity index (χ0) is 12.0. The molecule has 0 bridgehead atoms. The lowest BCUT2D eigenvalue weighted by Crippen LogP contribution is -2.24. The minimum absolute atomic E-state index is 0.119. The van der Waals surface area contributed by atoms with Crippen molar-refractivity contribution < 1.29 is 18.7 Å². The third-order valence-corrected chi connectivity index (χ3v) is 1.97. The van der Waals surface area contributed by atoms with Gasteiger partial charge in [0.2, 0.25) is 0 Å². The number of allylic oxidation sites excluding steroid dienone is 1. The Morgan fingerprint density at radius 1 is 1.40 bits per heavy atom. The quantitative estimate of drug-likeness (QED) is 0.388. The number of carbonyl (C=O) groups excluding carboxylic acids is 2. The zero-order valence-electron chi connectivity index (χ0n) is 9.38. The highest BCUT2D eigenvalue weighted by Crippen LogP contribution is 2.16. The van der Waals surface area contributed by atoms with Gasteiger partial charge in [0.15, 0.2) is 12.0 Å². The first kappa shape index (κ1) is 13.8. The van der Waals surface area contributed by atoms with Gasteiger partial charge in [0.25, 0.3) is 0 Å². The van der Waals surface area contributed by atoms with E-state index in [0.717, 1.165) is 0 Å². The average molecular weight is 216 g/mol. The van der Waals surface area contributed by atoms with E-state index in [1.54, 1.807) is 20.8 Å². The molecule has 0 heterocycles. The molecule has 0 aromatic carbocycles. The van der Waals surface area contributed by atoms with E-state index in [2.05, 4.69) is 11.3 Å². The summed E-state index contributed by atoms with van der Waals surface area (Å²) in [6.45, 7) is 8.78. The molecule has 0 spiro atoms. The molecule has 3 nitrogen and oxygen atoms in total. The predicted molar refractivity (Wildman–Crippen MR) is 55.1 cm³/mol. The Balaban J connectivity index is 4.22. The molecule has 0 N–H and O–H groups in total. The standard InChI is InChI=1S/C11H17FO3/c1-5-15-10(14)6-9(13)11(12)8(4)7(2)3/h7,11H,4-6H2,1-3H3. The summed E-state index contributed by atoms with van der Waals surface area (Å²) in [5.41, 5.74) is 0.198. The Morgan fingerprint density at radius 2 is 1.93 bits per heavy atom. The second-order valence-corrected chi connectivity index (χ2v) is 3.54. The predicted octanol–water partition coefficient (Wildman–Crippen LogP) is 2.06. The summed E-state index contributed by atoms with van der Waals surface area (Å²) in [5.74, 6) is -1.60. The van der Waals surface area contributed by atoms with E-state index in [4.69, 9.17) is 0 Å². The van der Waals surface area contributed by atoms with Crippen LogP contribution in [0.25, 0.3) is 0 Å². The molecule has 0 aliphatic carbocycles. The van der Waals surface area contributed by atoms with Crippen LogP contribution in [0.2, 0.25) is 0 Å². The minimum atomic E-state index is -1.77. The van der Waals surface area contributed by atoms with Gasteiger partial charge in [-0.3, -0.25) is 9.59 Å². The average Bonchev–Trinajstić information content (AvgIpc) is 2.15. The van der Waals surface area contributed by atoms with Crippen LogP contribution < -0.4 is 0 Å². The van der Waals surface area contributed by atoms with Crippen molar-refractivity contribution in [1.29, 1.82) is 0 Å². The molecule has 0 aliphatic heterocycles. The molecule has 1 unspecified atom stereocenters. The van der Waals surface area contributed by atoms with Gasteiger partial charge in [0.1, 0.15) is 6.42 Å². The second kappa shape index (κ2) is 6.32. The van der Waals surface area contributed by atoms with Crippen LogP contribution in [-0.4, -0.2) is 24.5 Å². The van der Waals surface area contributed by atoms with Gasteiger partial charge < -0.3 is 4.74 Å². The van der Waals surface area contributed by atoms with Crippen molar-refractivity contribution in [1.82, 2.24) is 0 Å². The topological polar surface area (TPSA) is 43.4 Å². The molecule has 15 heavy (non-hydrogen) atoms. The monoisotopic (exact) mass is 216 g/mol. The van der Waals surface area contributed by atoms with Crippen LogP contribution in [0.15, 0.2) is 12.2 Å². The molecule has 4 heteroatoms. The van der Waals surface area contributed by atoms with Gasteiger partial charge in [-0.1, -0.05) is 20.4 Å². The summed E-state index contributed by atoms with van der Waals surface area (Å²) < 4.78 is 17.9. The van der Waals surface area contributed by atoms with Gasteiger partial charge in [-0.2, -0.15) is 0 Å². The minimum Gasteiger partial charge on any atom is -0.466 e. The first-order valence-electron chi connectivity index (χ1n) is 4.91. The van der Waals surface area contributed by atoms with Crippen molar-refractivity contribution in [3.63, 3.8) is 0 Å². The Bertz CT molecular complexity index is 259. The van der Waals surface area contributed by atoms with Crippen LogP contribution in [0, 0.1) is 5.92 Å². The fourth-order valence-electron chi connectivity index (χ4n) is 0.943. The van der Waals surface area contributed by atoms with Gasteiger partial charge in [-0.05, 0) is 18.4 Å². The molecular weight excluding hydrogens is 199 g/mol. The lowest BCUT2D eigenvalue weighted by molar-refractivity contribution is -0.146. The number of rotatable bonds is 6. The molecule has 0 saturated carbocycles. The number of ether oxygens (including phenoxy) is 1. The second-order valence-electron chi connectivity index (χ2n) is 3.54. The Morgan fingerprint density at radius 3 is 2.33 bits per heavy atom. The maximum absolute atomic E-state index is 13.4. The number of alkyl halides is 1. The Labute approximate surface area is 89.3 Å². The van der Waals surface area contributed by atoms with E-state index in [-0.39, 0.29) is 18.1 Å². The molecule has 1 atom stereocenters. The zero-order valence-corrected chi connectivity index (χ0v) is 9.38. The highest BCUT2D eigenvalue weighted by Gasteiger charge is 2.24. The summed E-state index contributed by atoms with van der Waals surface area (Å²) in [6.07, 6.45) is -2.30. The van der Waals surface area contributed by atoms with Crippen molar-refractivity contribution in [2.24, 2.45) is 5.92 Å². The first-order valence-corrected chi connectivity index (χ1v) is 4.91. The maximum Gasteiger partial charge on any atom is 0.313 e. The third-order valence-electron chi connectivity index (χ3n) is 1.97. The molecule has 0 radical (unpaired) electrons. The van der Waals surface area contributed by atoms with Gasteiger partial charge >= 0.3 is 5.97 Å². The molecule has 0 aromatic heterocycles. The van der Waals surface area contributed by atoms with Crippen LogP contribution in [0.4, 0.5) is 4.39 Å². The van der Waals surface area contributed by atoms with E-state index in [1.807, 2.05) is 0 Å². The number of halogens is 1. The maximum atomic E-state index is 13.4. The molecule has 0 saturated heterocycles. The summed E-state index contributed by atoms with van der Waals surface area (Å²) in [4.78, 5) is 22.1. The van der Waals surface area contributed by atoms with Crippen molar-refractivity contribution in [3.05, 3.63) is 12.2 Å². The number of ketones is 1. The van der Waals surface area contributed by atoms with E-state index in [9.17, 15) is 14.0 Å². The molecule has 0 fully saturated rings. The molecule has 0 amide bonds. The Kier molecular flexibility index (Phi) is 5.82. The number of esters is 1. The van der Waals surface area contributed by atoms with E-state index < -0.39 is 24.3 Å². The first-order chi connectivity index (χ1) is 6.90. The lowest BCUT2D eigenvalue weighted by atomic mass is 9.97. The van der Waals surface area contributed by atoms with Crippen molar-refractivity contribution in [2.75, 3.05) is 6.61 Å². The molecule has 0 rings (SSSR count). The highest BCUT2D eigenvalue weighted by molar-refractivity contribution is 5.99. The molecular formula is C11H17FO3. The van der Waals surface area contributed by atoms with E-state index in [0.29, 0.717) is 0 Å². The molecule has 0 aliphatic rings. The summed E-state index contributed by atoms with van der Waals surface area (Å²) >= 11 is 0. The van der Waals surface area contributed by atoms with Crippen molar-refractivity contribution in [2.45, 2.75) is 33.4 Å². The third kappa shape index (κ3) is 4.72. The van der Waals surface area contributed by atoms with E-state index in [1.165, 1.54) is 0 Å². The van der Waals surface area contributed by atoms with Crippen LogP contribution in [-0.2, 0) is 14.3 Å². The van der Waals surface area contributed by atoms with Crippen molar-refractivity contribution in [3.8, 4) is 0 Å². The molecule has 0 aromatic rings. The van der Waals surface area contributed by atoms with Crippen LogP contribution in [0.5, 0.6) is 0 Å². The highest BCUT2D eigenvalue weighted by atomic mass is 19.1. The van der Waals surface area contributed by atoms with Gasteiger partial charge in [-0.25, -0.2) is 4.39 Å². The van der Waals surface area contributed by atoms with Gasteiger partial charge in [-0.15, -0.1) is 0 Å². The van der Waals surface area contributed by atoms with E-state index >= 15 is 0 Å². The van der Waals surface area contributed by atoms with Gasteiger partial charge in [0.05, 0.1) is 6.61 Å². The largest absolute Gasteiger partial charge is 0.466 e. The number of Topliss-reactive ketones (excluding diaryl/α,β-unsaturated/α-hetero) is 1. The summed E-state index contributed by atoms with van der Waals surface area (Å²) in [7, 11) is 0. The van der Waals surface area contributed by atoms with Crippen LogP contribution >= 0.6 is 0 Å². The number of hydrogen-bond donors (Lipinski definition) is 0. The van der Waals surface area contributed by atoms with Crippen LogP contribution in [0.1, 0.15) is 27.2 Å². The lowest BCUT2D eigenvalue weighted by Gasteiger charge is -2.13. The van der Waals surface area contributed by atoms with Crippen molar-refractivity contribution >= 4 is 11.8 Å². The fraction of sp³-hybridized carbons (Fsp3) is 0.636. The SMILES string of the molecule is C=C(C(C)C)C(F)C(=O)CC(=O)OCC. The van der Waals surface area contributed by atoms with Gasteiger partial charge in [0, 0.05) is 0 Å². The molecule has 86 valence electrons. The number of carbonyl (C=O) groups is 2. The summed E-state index contributed by atoms with van der Waals surface area (Å²) in [5, 5.41) is 0. The summed E-state index contributed by atoms with van der Waals surface area (Å²) in [6, 6.07) is 0. The normalized spacial score (nSPS) is 12.3. The Hall–Kier alpha value is -1.19. The number of hydrogen-bond acceptors (Lipinski definition) is 3. The fourth-order valence-corrected chi connectivity index (χ4v) is 0.943.